The molecule has 0 heterocycles. The molecule has 0 fully saturated rings. The Kier molecular flexibility index (Phi) is 13.2. The minimum Gasteiger partial charge on any atom is -0.384 e. The third-order valence-corrected chi connectivity index (χ3v) is 6.93. The lowest BCUT2D eigenvalue weighted by atomic mass is 9.87. The third-order valence-electron chi connectivity index (χ3n) is 6.93. The van der Waals surface area contributed by atoms with E-state index in [9.17, 15) is 176 Å². The average molecular weight is 1010 g/mol. The molecule has 0 spiro atoms. The van der Waals surface area contributed by atoms with Crippen LogP contribution in [0.25, 0.3) is 0 Å². The van der Waals surface area contributed by atoms with Crippen molar-refractivity contribution in [3.8, 4) is 0 Å². The van der Waals surface area contributed by atoms with Gasteiger partial charge in [0.05, 0.1) is 0 Å². The summed E-state index contributed by atoms with van der Waals surface area (Å²) in [4.78, 5) is 22.1. The van der Waals surface area contributed by atoms with Crippen LogP contribution in [0, 0.1) is 0 Å². The van der Waals surface area contributed by atoms with Gasteiger partial charge in [0.25, 0.3) is 0 Å². The summed E-state index contributed by atoms with van der Waals surface area (Å²) in [7, 11) is 0. The van der Waals surface area contributed by atoms with E-state index in [0.717, 1.165) is 0 Å². The molecule has 364 valence electrons. The van der Waals surface area contributed by atoms with E-state index < -0.39 is 119 Å². The maximum atomic E-state index is 13.8. The molecule has 0 aromatic rings. The number of hydrogen-bond acceptors (Lipinski definition) is 3. The van der Waals surface area contributed by atoms with Crippen LogP contribution in [0.3, 0.4) is 0 Å². The van der Waals surface area contributed by atoms with E-state index in [4.69, 9.17) is 0 Å². The Labute approximate surface area is 301 Å². The number of alkyl halides is 38. The van der Waals surface area contributed by atoms with E-state index in [0.29, 0.717) is 0 Å². The van der Waals surface area contributed by atoms with Crippen molar-refractivity contribution in [1.29, 1.82) is 0 Å². The summed E-state index contributed by atoms with van der Waals surface area (Å²) in [5.74, 6) is -164. The number of hydrogen-bond donors (Lipinski definition) is 0. The number of rotatable bonds is 16. The molecule has 0 aliphatic rings. The van der Waals surface area contributed by atoms with Gasteiger partial charge in [-0.25, -0.2) is 9.59 Å². The van der Waals surface area contributed by atoms with Gasteiger partial charge in [0.15, 0.2) is 0 Å². The van der Waals surface area contributed by atoms with Crippen molar-refractivity contribution in [3.05, 3.63) is 0 Å². The van der Waals surface area contributed by atoms with Crippen molar-refractivity contribution >= 4 is 11.9 Å². The van der Waals surface area contributed by atoms with Crippen LogP contribution in [0.1, 0.15) is 0 Å². The predicted octanol–water partition coefficient (Wildman–Crippen LogP) is 11.3. The van der Waals surface area contributed by atoms with Gasteiger partial charge in [0.1, 0.15) is 0 Å². The highest BCUT2D eigenvalue weighted by molar-refractivity contribution is 5.93. The van der Waals surface area contributed by atoms with Gasteiger partial charge in [-0.3, -0.25) is 0 Å². The molecule has 0 aromatic carbocycles. The molecule has 0 bridgehead atoms. The number of halogens is 38. The first kappa shape index (κ1) is 57.5. The van der Waals surface area contributed by atoms with Crippen LogP contribution < -0.4 is 0 Å². The van der Waals surface area contributed by atoms with Crippen LogP contribution in [-0.4, -0.2) is 119 Å². The third kappa shape index (κ3) is 6.85. The molecular weight excluding hydrogens is 1010 g/mol. The first-order chi connectivity index (χ1) is 25.5. The summed E-state index contributed by atoms with van der Waals surface area (Å²) < 4.78 is 506. The Morgan fingerprint density at radius 2 is 0.311 bits per heavy atom. The highest BCUT2D eigenvalue weighted by atomic mass is 19.4. The molecule has 0 amide bonds. The standard InChI is InChI=1S/C20F38O3/c21-3(22,5(25,26)7(29,30)9(33,34)11(37,38)13(41,42)15(45,46)17(49,50)19(53,54)55)1(59)61-2(60)4(23,24)6(27,28)8(31,32)10(35,36)12(39,40)14(43,44)16(47,48)18(51,52)20(56,57)58. The van der Waals surface area contributed by atoms with Crippen molar-refractivity contribution in [2.24, 2.45) is 0 Å². The maximum absolute atomic E-state index is 13.8. The van der Waals surface area contributed by atoms with Crippen LogP contribution in [0.4, 0.5) is 167 Å². The number of esters is 2. The molecule has 0 saturated heterocycles. The molecule has 0 N–H and O–H groups in total. The Balaban J connectivity index is 7.34. The lowest BCUT2D eigenvalue weighted by Gasteiger charge is -2.43. The fraction of sp³-hybridized carbons (Fsp3) is 0.900. The second-order valence-electron chi connectivity index (χ2n) is 10.9. The summed E-state index contributed by atoms with van der Waals surface area (Å²) in [6.07, 6.45) is -16.8. The van der Waals surface area contributed by atoms with Gasteiger partial charge in [-0.05, 0) is 0 Å². The Morgan fingerprint density at radius 1 is 0.197 bits per heavy atom. The first-order valence-electron chi connectivity index (χ1n) is 12.5. The first-order valence-corrected chi connectivity index (χ1v) is 12.5. The number of carbonyl (C=O) groups is 2. The molecule has 0 unspecified atom stereocenters. The lowest BCUT2D eigenvalue weighted by Crippen LogP contribution is -2.76. The molecule has 61 heavy (non-hydrogen) atoms. The van der Waals surface area contributed by atoms with Gasteiger partial charge in [0.2, 0.25) is 0 Å². The zero-order chi connectivity index (χ0) is 50.9. The van der Waals surface area contributed by atoms with Gasteiger partial charge in [-0.2, -0.15) is 167 Å². The quantitative estimate of drug-likeness (QED) is 0.0879. The van der Waals surface area contributed by atoms with Crippen molar-refractivity contribution in [2.45, 2.75) is 107 Å². The predicted molar refractivity (Wildman–Crippen MR) is 102 cm³/mol. The Hall–Kier alpha value is -3.52. The summed E-state index contributed by atoms with van der Waals surface area (Å²) in [6, 6.07) is 0. The lowest BCUT2D eigenvalue weighted by molar-refractivity contribution is -0.467. The van der Waals surface area contributed by atoms with Crippen LogP contribution in [0.2, 0.25) is 0 Å². The van der Waals surface area contributed by atoms with Crippen LogP contribution in [-0.2, 0) is 14.3 Å². The number of ether oxygens (including phenoxy) is 1. The van der Waals surface area contributed by atoms with Crippen molar-refractivity contribution in [1.82, 2.24) is 0 Å². The Morgan fingerprint density at radius 3 is 0.443 bits per heavy atom. The fourth-order valence-electron chi connectivity index (χ4n) is 3.19. The highest BCUT2D eigenvalue weighted by Gasteiger charge is 2.99. The monoisotopic (exact) mass is 1010 g/mol. The minimum absolute atomic E-state index is 1.29. The van der Waals surface area contributed by atoms with Crippen LogP contribution in [0.5, 0.6) is 0 Å². The molecule has 0 saturated carbocycles. The van der Waals surface area contributed by atoms with Crippen LogP contribution >= 0.6 is 0 Å². The molecule has 3 nitrogen and oxygen atoms in total. The second kappa shape index (κ2) is 14.0. The second-order valence-corrected chi connectivity index (χ2v) is 10.9. The van der Waals surface area contributed by atoms with E-state index in [-0.39, 0.29) is 0 Å². The topological polar surface area (TPSA) is 43.4 Å². The van der Waals surface area contributed by atoms with E-state index in [1.165, 1.54) is 4.74 Å². The summed E-state index contributed by atoms with van der Waals surface area (Å²) in [5.41, 5.74) is 0. The molecule has 0 atom stereocenters. The fourth-order valence-corrected chi connectivity index (χ4v) is 3.19. The SMILES string of the molecule is O=C(OC(=O)C(F)(F)C(F)(F)C(F)(F)C(F)(F)C(F)(F)C(F)(F)C(F)(F)C(F)(F)C(F)(F)F)C(F)(F)C(F)(F)C(F)(F)C(F)(F)C(F)(F)C(F)(F)C(F)(F)C(F)(F)C(F)(F)F. The highest BCUT2D eigenvalue weighted by Crippen LogP contribution is 2.67. The number of carbonyl (C=O) groups excluding carboxylic acids is 2. The van der Waals surface area contributed by atoms with Crippen molar-refractivity contribution < 1.29 is 181 Å². The van der Waals surface area contributed by atoms with Gasteiger partial charge < -0.3 is 4.74 Å². The summed E-state index contributed by atoms with van der Waals surface area (Å²) in [6.45, 7) is 0. The van der Waals surface area contributed by atoms with E-state index in [1.807, 2.05) is 0 Å². The van der Waals surface area contributed by atoms with Crippen molar-refractivity contribution in [3.63, 3.8) is 0 Å². The zero-order valence-electron chi connectivity index (χ0n) is 25.6. The molecule has 0 rings (SSSR count). The van der Waals surface area contributed by atoms with Gasteiger partial charge >= 0.3 is 119 Å². The molecule has 0 aromatic heterocycles. The molecule has 0 aliphatic carbocycles. The van der Waals surface area contributed by atoms with Crippen LogP contribution in [0.15, 0.2) is 0 Å². The Bertz CT molecular complexity index is 1530. The van der Waals surface area contributed by atoms with E-state index in [1.54, 1.807) is 0 Å². The summed E-state index contributed by atoms with van der Waals surface area (Å²) in [5, 5.41) is 0. The molecule has 0 aliphatic heterocycles. The normalized spacial score (nSPS) is 16.8. The summed E-state index contributed by atoms with van der Waals surface area (Å²) >= 11 is 0. The average Bonchev–Trinajstić information content (AvgIpc) is 3.01. The van der Waals surface area contributed by atoms with E-state index >= 15 is 0 Å². The smallest absolute Gasteiger partial charge is 0.384 e. The zero-order valence-corrected chi connectivity index (χ0v) is 25.6. The minimum atomic E-state index is -9.86. The molecule has 0 radical (unpaired) electrons. The maximum Gasteiger partial charge on any atom is 0.460 e. The van der Waals surface area contributed by atoms with Gasteiger partial charge in [-0.1, -0.05) is 0 Å². The van der Waals surface area contributed by atoms with Gasteiger partial charge in [0, 0.05) is 0 Å². The van der Waals surface area contributed by atoms with Gasteiger partial charge in [-0.15, -0.1) is 0 Å². The molecular formula is C20F38O3. The molecule has 41 heteroatoms. The largest absolute Gasteiger partial charge is 0.460 e. The van der Waals surface area contributed by atoms with E-state index in [2.05, 4.69) is 0 Å². The van der Waals surface area contributed by atoms with Crippen molar-refractivity contribution in [2.75, 3.05) is 0 Å².